The zero-order valence-corrected chi connectivity index (χ0v) is 20.5. The second kappa shape index (κ2) is 8.80. The predicted octanol–water partition coefficient (Wildman–Crippen LogP) is 3.68. The molecule has 0 radical (unpaired) electrons. The Morgan fingerprint density at radius 3 is 2.81 bits per heavy atom. The third-order valence-corrected chi connectivity index (χ3v) is 7.32. The molecule has 0 spiro atoms. The van der Waals surface area contributed by atoms with Crippen LogP contribution in [0.15, 0.2) is 81.7 Å². The van der Waals surface area contributed by atoms with Gasteiger partial charge >= 0.3 is 5.97 Å². The first kappa shape index (κ1) is 22.3. The minimum Gasteiger partial charge on any atom is -0.463 e. The van der Waals surface area contributed by atoms with Gasteiger partial charge in [0.25, 0.3) is 5.56 Å². The Balaban J connectivity index is 1.58. The molecule has 6 rings (SSSR count). The van der Waals surface area contributed by atoms with E-state index in [0.717, 1.165) is 21.9 Å². The van der Waals surface area contributed by atoms with E-state index in [-0.39, 0.29) is 19.0 Å². The molecule has 2 aliphatic rings. The van der Waals surface area contributed by atoms with Crippen LogP contribution in [0.4, 0.5) is 0 Å². The molecule has 0 amide bonds. The summed E-state index contributed by atoms with van der Waals surface area (Å²) in [5, 5.41) is 2.15. The van der Waals surface area contributed by atoms with Gasteiger partial charge in [-0.2, -0.15) is 0 Å². The number of rotatable bonds is 4. The monoisotopic (exact) mass is 498 g/mol. The van der Waals surface area contributed by atoms with E-state index in [0.29, 0.717) is 32.1 Å². The van der Waals surface area contributed by atoms with Gasteiger partial charge in [0.15, 0.2) is 16.3 Å². The van der Waals surface area contributed by atoms with Gasteiger partial charge in [0.2, 0.25) is 6.79 Å². The zero-order chi connectivity index (χ0) is 24.8. The number of benzene rings is 3. The molecule has 4 aromatic rings. The third-order valence-electron chi connectivity index (χ3n) is 6.34. The first-order valence-electron chi connectivity index (χ1n) is 11.6. The van der Waals surface area contributed by atoms with Crippen LogP contribution < -0.4 is 24.4 Å². The summed E-state index contributed by atoms with van der Waals surface area (Å²) in [5.74, 6) is 0.702. The van der Waals surface area contributed by atoms with Crippen molar-refractivity contribution >= 4 is 34.2 Å². The molecule has 36 heavy (non-hydrogen) atoms. The maximum Gasteiger partial charge on any atom is 0.338 e. The van der Waals surface area contributed by atoms with Crippen LogP contribution in [0.25, 0.3) is 16.8 Å². The molecule has 0 fully saturated rings. The molecule has 1 aromatic heterocycles. The van der Waals surface area contributed by atoms with Gasteiger partial charge in [-0.05, 0) is 54.0 Å². The third kappa shape index (κ3) is 3.61. The highest BCUT2D eigenvalue weighted by Gasteiger charge is 2.34. The molecule has 180 valence electrons. The van der Waals surface area contributed by atoms with Crippen LogP contribution in [0.1, 0.15) is 31.0 Å². The van der Waals surface area contributed by atoms with Crippen molar-refractivity contribution in [1.82, 2.24) is 4.57 Å². The number of hydrogen-bond donors (Lipinski definition) is 0. The lowest BCUT2D eigenvalue weighted by atomic mass is 9.95. The van der Waals surface area contributed by atoms with Crippen LogP contribution in [0.5, 0.6) is 11.5 Å². The Bertz CT molecular complexity index is 1740. The second-order valence-electron chi connectivity index (χ2n) is 8.48. The summed E-state index contributed by atoms with van der Waals surface area (Å²) in [6.07, 6.45) is 1.90. The fourth-order valence-electron chi connectivity index (χ4n) is 4.71. The average Bonchev–Trinajstić information content (AvgIpc) is 3.47. The summed E-state index contributed by atoms with van der Waals surface area (Å²) < 4.78 is 18.5. The van der Waals surface area contributed by atoms with Gasteiger partial charge in [0.05, 0.1) is 28.5 Å². The number of nitrogens with zero attached hydrogens (tertiary/aromatic N) is 2. The molecule has 3 heterocycles. The van der Waals surface area contributed by atoms with Gasteiger partial charge in [-0.15, -0.1) is 0 Å². The highest BCUT2D eigenvalue weighted by atomic mass is 32.1. The van der Waals surface area contributed by atoms with Crippen molar-refractivity contribution in [2.75, 3.05) is 13.4 Å². The molecule has 0 saturated carbocycles. The summed E-state index contributed by atoms with van der Waals surface area (Å²) in [6, 6.07) is 18.8. The molecular weight excluding hydrogens is 476 g/mol. The van der Waals surface area contributed by atoms with Gasteiger partial charge in [-0.1, -0.05) is 59.9 Å². The van der Waals surface area contributed by atoms with Crippen LogP contribution in [-0.2, 0) is 9.53 Å². The Morgan fingerprint density at radius 1 is 1.14 bits per heavy atom. The van der Waals surface area contributed by atoms with E-state index in [9.17, 15) is 9.59 Å². The number of esters is 1. The molecule has 2 aliphatic heterocycles. The minimum absolute atomic E-state index is 0.131. The highest BCUT2D eigenvalue weighted by molar-refractivity contribution is 7.07. The Hall–Kier alpha value is -4.17. The van der Waals surface area contributed by atoms with Crippen molar-refractivity contribution in [1.29, 1.82) is 0 Å². The molecule has 3 aromatic carbocycles. The van der Waals surface area contributed by atoms with E-state index in [1.165, 1.54) is 11.3 Å². The molecule has 0 N–H and O–H groups in total. The van der Waals surface area contributed by atoms with Crippen LogP contribution in [0.3, 0.4) is 0 Å². The molecule has 7 nitrogen and oxygen atoms in total. The summed E-state index contributed by atoms with van der Waals surface area (Å²) in [5.41, 5.74) is 2.30. The van der Waals surface area contributed by atoms with Gasteiger partial charge in [-0.3, -0.25) is 9.36 Å². The van der Waals surface area contributed by atoms with Crippen molar-refractivity contribution in [2.24, 2.45) is 4.99 Å². The standard InChI is InChI=1S/C28H22N2O5S/c1-3-33-27(32)24-16(2)29-28-30(25(24)19-11-12-21-22(13-19)35-15-34-21)26(31)23(36-28)14-18-9-6-8-17-7-4-5-10-20(17)18/h4-14,25H,3,15H2,1-2H3/b23-14-/t25-/m0/s1. The second-order valence-corrected chi connectivity index (χ2v) is 9.49. The topological polar surface area (TPSA) is 79.1 Å². The largest absolute Gasteiger partial charge is 0.463 e. The van der Waals surface area contributed by atoms with Crippen LogP contribution in [0, 0.1) is 0 Å². The summed E-state index contributed by atoms with van der Waals surface area (Å²) in [4.78, 5) is 32.1. The van der Waals surface area contributed by atoms with E-state index in [4.69, 9.17) is 14.2 Å². The summed E-state index contributed by atoms with van der Waals surface area (Å²) in [7, 11) is 0. The number of hydrogen-bond acceptors (Lipinski definition) is 7. The van der Waals surface area contributed by atoms with Gasteiger partial charge in [0, 0.05) is 0 Å². The van der Waals surface area contributed by atoms with Crippen molar-refractivity contribution in [3.8, 4) is 11.5 Å². The number of thiazole rings is 1. The fraction of sp³-hybridized carbons (Fsp3) is 0.179. The first-order valence-corrected chi connectivity index (χ1v) is 12.4. The van der Waals surface area contributed by atoms with E-state index >= 15 is 0 Å². The number of allylic oxidation sites excluding steroid dienone is 1. The molecule has 1 atom stereocenters. The maximum atomic E-state index is 13.9. The van der Waals surface area contributed by atoms with Gasteiger partial charge in [-0.25, -0.2) is 9.79 Å². The SMILES string of the molecule is CCOC(=O)C1=C(C)N=c2s/c(=C\c3cccc4ccccc34)c(=O)n2[C@H]1c1ccc2c(c1)OCO2. The number of carbonyl (C=O) groups excluding carboxylic acids is 1. The Morgan fingerprint density at radius 2 is 1.94 bits per heavy atom. The lowest BCUT2D eigenvalue weighted by Gasteiger charge is -2.24. The Labute approximate surface area is 210 Å². The van der Waals surface area contributed by atoms with Crippen molar-refractivity contribution < 1.29 is 19.0 Å². The van der Waals surface area contributed by atoms with Crippen LogP contribution in [0.2, 0.25) is 0 Å². The maximum absolute atomic E-state index is 13.9. The van der Waals surface area contributed by atoms with Crippen LogP contribution in [-0.4, -0.2) is 23.9 Å². The molecular formula is C28H22N2O5S. The smallest absolute Gasteiger partial charge is 0.338 e. The van der Waals surface area contributed by atoms with E-state index in [1.807, 2.05) is 60.7 Å². The number of carbonyl (C=O) groups is 1. The average molecular weight is 499 g/mol. The van der Waals surface area contributed by atoms with Gasteiger partial charge < -0.3 is 14.2 Å². The first-order chi connectivity index (χ1) is 17.5. The number of fused-ring (bicyclic) bond motifs is 3. The van der Waals surface area contributed by atoms with E-state index in [1.54, 1.807) is 24.5 Å². The van der Waals surface area contributed by atoms with Crippen molar-refractivity contribution in [3.05, 3.63) is 103 Å². The minimum atomic E-state index is -0.704. The quantitative estimate of drug-likeness (QED) is 0.401. The van der Waals surface area contributed by atoms with Gasteiger partial charge in [0.1, 0.15) is 0 Å². The molecule has 0 unspecified atom stereocenters. The summed E-state index contributed by atoms with van der Waals surface area (Å²) >= 11 is 1.31. The number of aromatic nitrogens is 1. The fourth-order valence-corrected chi connectivity index (χ4v) is 5.75. The van der Waals surface area contributed by atoms with Crippen molar-refractivity contribution in [3.63, 3.8) is 0 Å². The lowest BCUT2D eigenvalue weighted by molar-refractivity contribution is -0.139. The molecule has 0 aliphatic carbocycles. The van der Waals surface area contributed by atoms with E-state index < -0.39 is 12.0 Å². The lowest BCUT2D eigenvalue weighted by Crippen LogP contribution is -2.39. The van der Waals surface area contributed by atoms with Crippen molar-refractivity contribution in [2.45, 2.75) is 19.9 Å². The molecule has 8 heteroatoms. The predicted molar refractivity (Wildman–Crippen MR) is 137 cm³/mol. The van der Waals surface area contributed by atoms with E-state index in [2.05, 4.69) is 4.99 Å². The molecule has 0 bridgehead atoms. The zero-order valence-electron chi connectivity index (χ0n) is 19.7. The normalized spacial score (nSPS) is 16.7. The molecule has 0 saturated heterocycles. The Kier molecular flexibility index (Phi) is 5.45. The summed E-state index contributed by atoms with van der Waals surface area (Å²) in [6.45, 7) is 3.87. The van der Waals surface area contributed by atoms with Crippen LogP contribution >= 0.6 is 11.3 Å². The highest BCUT2D eigenvalue weighted by Crippen LogP contribution is 2.38. The number of ether oxygens (including phenoxy) is 3.